The summed E-state index contributed by atoms with van der Waals surface area (Å²) in [6.07, 6.45) is 0. The fraction of sp³-hybridized carbons (Fsp3) is 0.400. The number of benzene rings is 1. The quantitative estimate of drug-likeness (QED) is 0.850. The lowest BCUT2D eigenvalue weighted by molar-refractivity contribution is 0.0866. The average Bonchev–Trinajstić information content (AvgIpc) is 2.63. The Morgan fingerprint density at radius 1 is 1.47 bits per heavy atom. The van der Waals surface area contributed by atoms with E-state index in [0.29, 0.717) is 11.5 Å². The summed E-state index contributed by atoms with van der Waals surface area (Å²) in [4.78, 5) is 0. The second-order valence-corrected chi connectivity index (χ2v) is 3.95. The topological polar surface area (TPSA) is 38.7 Å². The number of fused-ring (bicyclic) bond motifs is 1. The minimum absolute atomic E-state index is 0.108. The van der Waals surface area contributed by atoms with Crippen molar-refractivity contribution in [2.75, 3.05) is 13.4 Å². The number of halogens is 2. The van der Waals surface area contributed by atoms with E-state index in [4.69, 9.17) is 26.2 Å². The summed E-state index contributed by atoms with van der Waals surface area (Å²) in [7, 11) is 0. The van der Waals surface area contributed by atoms with Gasteiger partial charge in [0.15, 0.2) is 17.2 Å². The Morgan fingerprint density at radius 2 is 2.07 bits per heavy atom. The number of rotatable bonds is 2. The number of alkyl halides is 1. The van der Waals surface area contributed by atoms with Crippen molar-refractivity contribution in [3.63, 3.8) is 0 Å². The summed E-state index contributed by atoms with van der Waals surface area (Å²) in [6, 6.07) is 2.95. The standard InChI is InChI=1S/C10H10ClFO3/c1-10(12,4-13)6-2-8-9(3-7(6)11)15-5-14-8/h2-3,13H,4-5H2,1H3. The van der Waals surface area contributed by atoms with E-state index in [9.17, 15) is 4.39 Å². The van der Waals surface area contributed by atoms with Crippen molar-refractivity contribution in [1.29, 1.82) is 0 Å². The Balaban J connectivity index is 2.49. The summed E-state index contributed by atoms with van der Waals surface area (Å²) in [5, 5.41) is 9.14. The predicted molar refractivity (Wildman–Crippen MR) is 53.1 cm³/mol. The van der Waals surface area contributed by atoms with Crippen LogP contribution in [-0.4, -0.2) is 18.5 Å². The molecule has 0 bridgehead atoms. The van der Waals surface area contributed by atoms with Crippen molar-refractivity contribution in [3.05, 3.63) is 22.7 Å². The normalized spacial score (nSPS) is 17.6. The van der Waals surface area contributed by atoms with Gasteiger partial charge in [-0.2, -0.15) is 0 Å². The third kappa shape index (κ3) is 1.75. The first-order valence-corrected chi connectivity index (χ1v) is 4.82. The minimum Gasteiger partial charge on any atom is -0.454 e. The van der Waals surface area contributed by atoms with Crippen molar-refractivity contribution in [2.24, 2.45) is 0 Å². The highest BCUT2D eigenvalue weighted by molar-refractivity contribution is 6.31. The summed E-state index contributed by atoms with van der Waals surface area (Å²) in [5.41, 5.74) is -1.67. The van der Waals surface area contributed by atoms with Gasteiger partial charge in [0.05, 0.1) is 11.6 Å². The second-order valence-electron chi connectivity index (χ2n) is 3.54. The summed E-state index contributed by atoms with van der Waals surface area (Å²) < 4.78 is 24.0. The van der Waals surface area contributed by atoms with Crippen LogP contribution in [0.3, 0.4) is 0 Å². The first-order valence-electron chi connectivity index (χ1n) is 4.44. The SMILES string of the molecule is CC(F)(CO)c1cc2c(cc1Cl)OCO2. The van der Waals surface area contributed by atoms with E-state index in [0.717, 1.165) is 0 Å². The van der Waals surface area contributed by atoms with Crippen LogP contribution in [-0.2, 0) is 5.67 Å². The molecule has 82 valence electrons. The maximum atomic E-state index is 13.9. The number of aliphatic hydroxyl groups is 1. The van der Waals surface area contributed by atoms with E-state index < -0.39 is 12.3 Å². The molecule has 3 nitrogen and oxygen atoms in total. The second kappa shape index (κ2) is 3.54. The maximum absolute atomic E-state index is 13.9. The lowest BCUT2D eigenvalue weighted by Crippen LogP contribution is -2.20. The Bertz CT molecular complexity index is 392. The molecular formula is C10H10ClFO3. The van der Waals surface area contributed by atoms with E-state index in [1.807, 2.05) is 0 Å². The lowest BCUT2D eigenvalue weighted by Gasteiger charge is -2.19. The van der Waals surface area contributed by atoms with Crippen molar-refractivity contribution >= 4 is 11.6 Å². The number of hydrogen-bond acceptors (Lipinski definition) is 3. The molecule has 1 aromatic rings. The van der Waals surface area contributed by atoms with Gasteiger partial charge in [0.1, 0.15) is 0 Å². The van der Waals surface area contributed by atoms with Crippen LogP contribution < -0.4 is 9.47 Å². The first kappa shape index (κ1) is 10.5. The molecule has 1 unspecified atom stereocenters. The molecule has 2 rings (SSSR count). The molecule has 1 heterocycles. The minimum atomic E-state index is -1.88. The number of ether oxygens (including phenoxy) is 2. The molecule has 1 atom stereocenters. The van der Waals surface area contributed by atoms with Crippen LogP contribution in [0, 0.1) is 0 Å². The largest absolute Gasteiger partial charge is 0.454 e. The van der Waals surface area contributed by atoms with E-state index in [1.165, 1.54) is 19.1 Å². The van der Waals surface area contributed by atoms with Gasteiger partial charge in [-0.3, -0.25) is 0 Å². The molecule has 1 aromatic carbocycles. The van der Waals surface area contributed by atoms with Crippen LogP contribution in [0.2, 0.25) is 5.02 Å². The van der Waals surface area contributed by atoms with Crippen LogP contribution in [0.1, 0.15) is 12.5 Å². The maximum Gasteiger partial charge on any atom is 0.231 e. The van der Waals surface area contributed by atoms with Crippen molar-refractivity contribution in [1.82, 2.24) is 0 Å². The molecule has 0 aromatic heterocycles. The Labute approximate surface area is 91.4 Å². The van der Waals surface area contributed by atoms with Crippen LogP contribution in [0.5, 0.6) is 11.5 Å². The zero-order chi connectivity index (χ0) is 11.1. The highest BCUT2D eigenvalue weighted by atomic mass is 35.5. The number of aliphatic hydroxyl groups excluding tert-OH is 1. The van der Waals surface area contributed by atoms with Crippen molar-refractivity contribution in [2.45, 2.75) is 12.6 Å². The van der Waals surface area contributed by atoms with Crippen LogP contribution in [0.25, 0.3) is 0 Å². The molecule has 5 heteroatoms. The fourth-order valence-corrected chi connectivity index (χ4v) is 1.75. The molecule has 15 heavy (non-hydrogen) atoms. The zero-order valence-electron chi connectivity index (χ0n) is 8.09. The zero-order valence-corrected chi connectivity index (χ0v) is 8.84. The average molecular weight is 233 g/mol. The van der Waals surface area contributed by atoms with E-state index in [-0.39, 0.29) is 17.4 Å². The Kier molecular flexibility index (Phi) is 2.48. The molecule has 0 fully saturated rings. The van der Waals surface area contributed by atoms with Gasteiger partial charge < -0.3 is 14.6 Å². The Hall–Kier alpha value is -1.00. The third-order valence-corrected chi connectivity index (χ3v) is 2.63. The molecule has 0 amide bonds. The van der Waals surface area contributed by atoms with Crippen LogP contribution in [0.4, 0.5) is 4.39 Å². The summed E-state index contributed by atoms with van der Waals surface area (Å²) in [6.45, 7) is 0.736. The molecule has 0 aliphatic carbocycles. The summed E-state index contributed by atoms with van der Waals surface area (Å²) >= 11 is 5.88. The highest BCUT2D eigenvalue weighted by Gasteiger charge is 2.30. The van der Waals surface area contributed by atoms with E-state index in [2.05, 4.69) is 0 Å². The lowest BCUT2D eigenvalue weighted by atomic mass is 9.98. The first-order chi connectivity index (χ1) is 7.04. The number of hydrogen-bond donors (Lipinski definition) is 1. The van der Waals surface area contributed by atoms with Crippen LogP contribution >= 0.6 is 11.6 Å². The third-order valence-electron chi connectivity index (χ3n) is 2.32. The van der Waals surface area contributed by atoms with Gasteiger partial charge in [-0.15, -0.1) is 0 Å². The highest BCUT2D eigenvalue weighted by Crippen LogP contribution is 2.41. The molecule has 1 aliphatic heterocycles. The molecule has 0 spiro atoms. The molecule has 0 saturated carbocycles. The molecule has 0 saturated heterocycles. The van der Waals surface area contributed by atoms with E-state index >= 15 is 0 Å². The van der Waals surface area contributed by atoms with Crippen molar-refractivity contribution < 1.29 is 19.0 Å². The van der Waals surface area contributed by atoms with Gasteiger partial charge in [0, 0.05) is 11.6 Å². The van der Waals surface area contributed by atoms with Gasteiger partial charge >= 0.3 is 0 Å². The van der Waals surface area contributed by atoms with Gasteiger partial charge in [-0.25, -0.2) is 4.39 Å². The Morgan fingerprint density at radius 3 is 2.67 bits per heavy atom. The van der Waals surface area contributed by atoms with Crippen molar-refractivity contribution in [3.8, 4) is 11.5 Å². The fourth-order valence-electron chi connectivity index (χ4n) is 1.40. The predicted octanol–water partition coefficient (Wildman–Crippen LogP) is 2.25. The van der Waals surface area contributed by atoms with Crippen LogP contribution in [0.15, 0.2) is 12.1 Å². The van der Waals surface area contributed by atoms with Gasteiger partial charge in [0.2, 0.25) is 6.79 Å². The monoisotopic (exact) mass is 232 g/mol. The molecule has 1 aliphatic rings. The van der Waals surface area contributed by atoms with Gasteiger partial charge in [-0.1, -0.05) is 11.6 Å². The smallest absolute Gasteiger partial charge is 0.231 e. The summed E-state index contributed by atoms with van der Waals surface area (Å²) in [5.74, 6) is 0.948. The molecular weight excluding hydrogens is 223 g/mol. The molecule has 1 N–H and O–H groups in total. The van der Waals surface area contributed by atoms with Gasteiger partial charge in [-0.05, 0) is 13.0 Å². The molecule has 0 radical (unpaired) electrons. The van der Waals surface area contributed by atoms with Gasteiger partial charge in [0.25, 0.3) is 0 Å². The van der Waals surface area contributed by atoms with E-state index in [1.54, 1.807) is 0 Å².